The van der Waals surface area contributed by atoms with Crippen molar-refractivity contribution in [1.29, 1.82) is 0 Å². The van der Waals surface area contributed by atoms with Crippen molar-refractivity contribution in [3.63, 3.8) is 0 Å². The lowest BCUT2D eigenvalue weighted by Crippen LogP contribution is -2.45. The quantitative estimate of drug-likeness (QED) is 0.635. The highest BCUT2D eigenvalue weighted by Crippen LogP contribution is 2.48. The lowest BCUT2D eigenvalue weighted by molar-refractivity contribution is -0.0699. The van der Waals surface area contributed by atoms with E-state index in [1.165, 1.54) is 24.8 Å². The SMILES string of the molecule is CC1(C)CC(n2c(=S)[nH]c3c(c2=O)C2(CCCCC2)Cc2ccccc2-3)CCO1. The van der Waals surface area contributed by atoms with E-state index in [4.69, 9.17) is 17.0 Å². The summed E-state index contributed by atoms with van der Waals surface area (Å²) in [5.41, 5.74) is 4.33. The number of nitrogens with one attached hydrogen (secondary N) is 1. The topological polar surface area (TPSA) is 47.0 Å². The van der Waals surface area contributed by atoms with Crippen molar-refractivity contribution >= 4 is 12.2 Å². The zero-order valence-electron chi connectivity index (χ0n) is 17.4. The lowest BCUT2D eigenvalue weighted by Gasteiger charge is -2.43. The van der Waals surface area contributed by atoms with Gasteiger partial charge in [0.05, 0.1) is 11.3 Å². The van der Waals surface area contributed by atoms with E-state index in [2.05, 4.69) is 43.1 Å². The zero-order chi connectivity index (χ0) is 20.2. The summed E-state index contributed by atoms with van der Waals surface area (Å²) in [6.45, 7) is 4.88. The Balaban J connectivity index is 1.74. The van der Waals surface area contributed by atoms with Crippen LogP contribution in [0, 0.1) is 4.77 Å². The molecule has 2 aromatic rings. The summed E-state index contributed by atoms with van der Waals surface area (Å²) < 4.78 is 8.35. The summed E-state index contributed by atoms with van der Waals surface area (Å²) in [6.07, 6.45) is 8.46. The molecule has 0 bridgehead atoms. The van der Waals surface area contributed by atoms with Gasteiger partial charge in [-0.15, -0.1) is 0 Å². The summed E-state index contributed by atoms with van der Waals surface area (Å²) in [5, 5.41) is 0. The van der Waals surface area contributed by atoms with Crippen molar-refractivity contribution in [2.45, 2.75) is 82.3 Å². The first kappa shape index (κ1) is 19.3. The Bertz CT molecular complexity index is 1060. The van der Waals surface area contributed by atoms with Crippen LogP contribution in [0.5, 0.6) is 0 Å². The number of aromatic nitrogens is 2. The Morgan fingerprint density at radius 1 is 1.17 bits per heavy atom. The third-order valence-corrected chi connectivity index (χ3v) is 7.62. The van der Waals surface area contributed by atoms with E-state index in [0.29, 0.717) is 11.4 Å². The highest BCUT2D eigenvalue weighted by atomic mass is 32.1. The summed E-state index contributed by atoms with van der Waals surface area (Å²) in [5.74, 6) is 0. The van der Waals surface area contributed by atoms with Gasteiger partial charge in [0.25, 0.3) is 5.56 Å². The Kier molecular flexibility index (Phi) is 4.59. The minimum Gasteiger partial charge on any atom is -0.375 e. The number of hydrogen-bond donors (Lipinski definition) is 1. The molecule has 1 aromatic heterocycles. The molecule has 3 aliphatic rings. The molecule has 2 heterocycles. The molecule has 0 amide bonds. The molecule has 1 unspecified atom stereocenters. The number of fused-ring (bicyclic) bond motifs is 4. The standard InChI is InChI=1S/C24H30N2O2S/c1-23(2)15-17(10-13-28-23)26-21(27)19-20(25-22(26)29)18-9-5-4-8-16(18)14-24(19)11-6-3-7-12-24/h4-5,8-9,17H,3,6-7,10-15H2,1-2H3,(H,25,29). The van der Waals surface area contributed by atoms with Gasteiger partial charge in [-0.2, -0.15) is 0 Å². The second-order valence-electron chi connectivity index (χ2n) is 9.78. The lowest BCUT2D eigenvalue weighted by atomic mass is 9.62. The van der Waals surface area contributed by atoms with E-state index >= 15 is 0 Å². The van der Waals surface area contributed by atoms with Gasteiger partial charge < -0.3 is 9.72 Å². The van der Waals surface area contributed by atoms with Crippen molar-refractivity contribution in [2.75, 3.05) is 6.61 Å². The highest BCUT2D eigenvalue weighted by molar-refractivity contribution is 7.71. The molecule has 29 heavy (non-hydrogen) atoms. The normalized spacial score (nSPS) is 24.7. The maximum absolute atomic E-state index is 14.1. The molecule has 1 saturated carbocycles. The van der Waals surface area contributed by atoms with Crippen molar-refractivity contribution in [1.82, 2.24) is 9.55 Å². The summed E-state index contributed by atoms with van der Waals surface area (Å²) in [7, 11) is 0. The highest BCUT2D eigenvalue weighted by Gasteiger charge is 2.43. The van der Waals surface area contributed by atoms with Gasteiger partial charge in [0, 0.05) is 29.2 Å². The van der Waals surface area contributed by atoms with E-state index in [0.717, 1.165) is 48.9 Å². The van der Waals surface area contributed by atoms with E-state index in [9.17, 15) is 4.79 Å². The molecule has 1 aliphatic heterocycles. The predicted octanol–water partition coefficient (Wildman–Crippen LogP) is 5.46. The number of rotatable bonds is 1. The minimum atomic E-state index is -0.227. The number of benzene rings is 1. The summed E-state index contributed by atoms with van der Waals surface area (Å²) in [4.78, 5) is 17.6. The largest absolute Gasteiger partial charge is 0.375 e. The van der Waals surface area contributed by atoms with Gasteiger partial charge in [-0.3, -0.25) is 9.36 Å². The van der Waals surface area contributed by atoms with Crippen LogP contribution in [-0.4, -0.2) is 21.8 Å². The molecule has 1 saturated heterocycles. The van der Waals surface area contributed by atoms with E-state index in [1.54, 1.807) is 0 Å². The van der Waals surface area contributed by atoms with Crippen molar-refractivity contribution in [3.05, 3.63) is 50.5 Å². The van der Waals surface area contributed by atoms with E-state index < -0.39 is 0 Å². The number of hydrogen-bond acceptors (Lipinski definition) is 3. The fourth-order valence-electron chi connectivity index (χ4n) is 6.02. The zero-order valence-corrected chi connectivity index (χ0v) is 18.2. The first-order valence-electron chi connectivity index (χ1n) is 11.0. The van der Waals surface area contributed by atoms with Gasteiger partial charge in [0.15, 0.2) is 4.77 Å². The van der Waals surface area contributed by atoms with Crippen molar-refractivity contribution < 1.29 is 4.74 Å². The Hall–Kier alpha value is -1.72. The average molecular weight is 411 g/mol. The van der Waals surface area contributed by atoms with Crippen LogP contribution in [0.3, 0.4) is 0 Å². The number of nitrogens with zero attached hydrogens (tertiary/aromatic N) is 1. The molecule has 1 spiro atoms. The molecule has 154 valence electrons. The van der Waals surface area contributed by atoms with Crippen LogP contribution < -0.4 is 5.56 Å². The molecule has 1 atom stereocenters. The van der Waals surface area contributed by atoms with Gasteiger partial charge in [-0.05, 0) is 63.7 Å². The Labute approximate surface area is 177 Å². The van der Waals surface area contributed by atoms with E-state index in [-0.39, 0.29) is 22.6 Å². The third kappa shape index (κ3) is 3.14. The molecule has 5 heteroatoms. The molecule has 1 N–H and O–H groups in total. The fraction of sp³-hybridized carbons (Fsp3) is 0.583. The maximum Gasteiger partial charge on any atom is 0.258 e. The van der Waals surface area contributed by atoms with Crippen LogP contribution in [0.25, 0.3) is 11.3 Å². The number of ether oxygens (including phenoxy) is 1. The van der Waals surface area contributed by atoms with Crippen molar-refractivity contribution in [3.8, 4) is 11.3 Å². The van der Waals surface area contributed by atoms with Gasteiger partial charge in [0.2, 0.25) is 0 Å². The molecular weight excluding hydrogens is 380 g/mol. The monoisotopic (exact) mass is 410 g/mol. The second-order valence-corrected chi connectivity index (χ2v) is 10.2. The van der Waals surface area contributed by atoms with Gasteiger partial charge in [0.1, 0.15) is 0 Å². The molecular formula is C24H30N2O2S. The Morgan fingerprint density at radius 2 is 1.93 bits per heavy atom. The van der Waals surface area contributed by atoms with Crippen LogP contribution in [0.15, 0.2) is 29.1 Å². The number of H-pyrrole nitrogens is 1. The van der Waals surface area contributed by atoms with Gasteiger partial charge in [-0.25, -0.2) is 0 Å². The molecule has 1 aromatic carbocycles. The van der Waals surface area contributed by atoms with Crippen LogP contribution in [0.1, 0.15) is 76.0 Å². The van der Waals surface area contributed by atoms with Gasteiger partial charge >= 0.3 is 0 Å². The number of aromatic amines is 1. The maximum atomic E-state index is 14.1. The molecule has 5 rings (SSSR count). The smallest absolute Gasteiger partial charge is 0.258 e. The average Bonchev–Trinajstić information content (AvgIpc) is 2.67. The van der Waals surface area contributed by atoms with Gasteiger partial charge in [-0.1, -0.05) is 43.5 Å². The molecule has 2 aliphatic carbocycles. The summed E-state index contributed by atoms with van der Waals surface area (Å²) >= 11 is 5.77. The third-order valence-electron chi connectivity index (χ3n) is 7.33. The minimum absolute atomic E-state index is 0.0546. The van der Waals surface area contributed by atoms with Crippen LogP contribution in [-0.2, 0) is 16.6 Å². The predicted molar refractivity (Wildman–Crippen MR) is 118 cm³/mol. The fourth-order valence-corrected chi connectivity index (χ4v) is 6.36. The molecule has 2 fully saturated rings. The second kappa shape index (κ2) is 6.92. The first-order chi connectivity index (χ1) is 13.9. The van der Waals surface area contributed by atoms with Crippen molar-refractivity contribution in [2.24, 2.45) is 0 Å². The Morgan fingerprint density at radius 3 is 2.69 bits per heavy atom. The van der Waals surface area contributed by atoms with E-state index in [1.807, 2.05) is 4.57 Å². The molecule has 4 nitrogen and oxygen atoms in total. The van der Waals surface area contributed by atoms with Crippen LogP contribution in [0.4, 0.5) is 0 Å². The summed E-state index contributed by atoms with van der Waals surface area (Å²) in [6, 6.07) is 8.62. The molecule has 0 radical (unpaired) electrons. The van der Waals surface area contributed by atoms with Crippen LogP contribution in [0.2, 0.25) is 0 Å². The first-order valence-corrected chi connectivity index (χ1v) is 11.4. The van der Waals surface area contributed by atoms with Crippen LogP contribution >= 0.6 is 12.2 Å².